The maximum atomic E-state index is 13.0. The van der Waals surface area contributed by atoms with Crippen LogP contribution in [-0.2, 0) is 0 Å². The molecule has 0 atom stereocenters. The zero-order valence-electron chi connectivity index (χ0n) is 9.74. The lowest BCUT2D eigenvalue weighted by molar-refractivity contribution is 0.581. The average Bonchev–Trinajstić information content (AvgIpc) is 2.39. The highest BCUT2D eigenvalue weighted by Crippen LogP contribution is 2.32. The number of halogens is 1. The van der Waals surface area contributed by atoms with Crippen molar-refractivity contribution < 1.29 is 4.39 Å². The lowest BCUT2D eigenvalue weighted by Gasteiger charge is -2.24. The van der Waals surface area contributed by atoms with E-state index in [-0.39, 0.29) is 0 Å². The van der Waals surface area contributed by atoms with E-state index >= 15 is 0 Å². The number of hydrogen-bond acceptors (Lipinski definition) is 3. The summed E-state index contributed by atoms with van der Waals surface area (Å²) in [7, 11) is 0. The van der Waals surface area contributed by atoms with Gasteiger partial charge >= 0.3 is 0 Å². The van der Waals surface area contributed by atoms with Gasteiger partial charge in [-0.2, -0.15) is 16.2 Å². The van der Waals surface area contributed by atoms with Crippen LogP contribution in [-0.4, -0.2) is 28.6 Å². The van der Waals surface area contributed by atoms with Crippen molar-refractivity contribution >= 4 is 17.4 Å². The Hall–Kier alpha value is -0.770. The maximum absolute atomic E-state index is 13.0. The molecule has 0 radical (unpaired) electrons. The van der Waals surface area contributed by atoms with Gasteiger partial charge in [-0.05, 0) is 12.5 Å². The van der Waals surface area contributed by atoms with Gasteiger partial charge < -0.3 is 4.90 Å². The molecule has 2 heterocycles. The second-order valence-electron chi connectivity index (χ2n) is 4.68. The van der Waals surface area contributed by atoms with Crippen molar-refractivity contribution in [3.05, 3.63) is 24.3 Å². The molecule has 0 aliphatic carbocycles. The molecule has 1 fully saturated rings. The maximum Gasteiger partial charge on any atom is 0.214 e. The van der Waals surface area contributed by atoms with Crippen LogP contribution < -0.4 is 4.90 Å². The van der Waals surface area contributed by atoms with Crippen LogP contribution in [0.2, 0.25) is 0 Å². The van der Waals surface area contributed by atoms with Gasteiger partial charge in [-0.15, -0.1) is 0 Å². The molecular weight excluding hydrogens is 223 g/mol. The Bertz CT molecular complexity index is 368. The van der Waals surface area contributed by atoms with Gasteiger partial charge in [-0.25, -0.2) is 4.98 Å². The zero-order valence-corrected chi connectivity index (χ0v) is 10.6. The van der Waals surface area contributed by atoms with Crippen LogP contribution in [0.4, 0.5) is 10.1 Å². The standard InChI is InChI=1S/C12H17FN2S/c1-12(2)4-6-15(7-8-16-12)10-3-5-14-11(13)9-10/h3,5,9H,4,6-8H2,1-2H3. The fraction of sp³-hybridized carbons (Fsp3) is 0.583. The predicted molar refractivity (Wildman–Crippen MR) is 67.6 cm³/mol. The molecule has 0 amide bonds. The lowest BCUT2D eigenvalue weighted by atomic mass is 10.1. The third-order valence-corrected chi connectivity index (χ3v) is 4.29. The second-order valence-corrected chi connectivity index (χ2v) is 6.48. The molecule has 1 aromatic rings. The molecule has 0 unspecified atom stereocenters. The van der Waals surface area contributed by atoms with E-state index in [0.717, 1.165) is 31.0 Å². The van der Waals surface area contributed by atoms with E-state index in [1.807, 2.05) is 17.8 Å². The monoisotopic (exact) mass is 240 g/mol. The molecule has 4 heteroatoms. The molecule has 1 aromatic heterocycles. The minimum atomic E-state index is -0.395. The first-order valence-corrected chi connectivity index (χ1v) is 6.56. The first kappa shape index (κ1) is 11.7. The first-order chi connectivity index (χ1) is 7.57. The quantitative estimate of drug-likeness (QED) is 0.702. The third kappa shape index (κ3) is 2.88. The van der Waals surface area contributed by atoms with Gasteiger partial charge in [0.15, 0.2) is 0 Å². The summed E-state index contributed by atoms with van der Waals surface area (Å²) >= 11 is 1.99. The highest BCUT2D eigenvalue weighted by atomic mass is 32.2. The zero-order chi connectivity index (χ0) is 11.6. The van der Waals surface area contributed by atoms with E-state index < -0.39 is 5.95 Å². The highest BCUT2D eigenvalue weighted by Gasteiger charge is 2.23. The number of rotatable bonds is 1. The van der Waals surface area contributed by atoms with Gasteiger partial charge in [0.25, 0.3) is 0 Å². The molecule has 2 rings (SSSR count). The number of thioether (sulfide) groups is 1. The van der Waals surface area contributed by atoms with Gasteiger partial charge in [-0.3, -0.25) is 0 Å². The molecule has 16 heavy (non-hydrogen) atoms. The average molecular weight is 240 g/mol. The van der Waals surface area contributed by atoms with Gasteiger partial charge in [0.2, 0.25) is 5.95 Å². The minimum absolute atomic E-state index is 0.334. The molecule has 0 N–H and O–H groups in total. The van der Waals surface area contributed by atoms with Crippen LogP contribution in [0.5, 0.6) is 0 Å². The van der Waals surface area contributed by atoms with Crippen LogP contribution in [0.1, 0.15) is 20.3 Å². The van der Waals surface area contributed by atoms with Crippen molar-refractivity contribution in [2.24, 2.45) is 0 Å². The van der Waals surface area contributed by atoms with Gasteiger partial charge in [0.1, 0.15) is 0 Å². The summed E-state index contributed by atoms with van der Waals surface area (Å²) in [6, 6.07) is 3.40. The fourth-order valence-corrected chi connectivity index (χ4v) is 2.97. The van der Waals surface area contributed by atoms with Gasteiger partial charge in [0.05, 0.1) is 0 Å². The Morgan fingerprint density at radius 3 is 3.00 bits per heavy atom. The summed E-state index contributed by atoms with van der Waals surface area (Å²) in [5.41, 5.74) is 0.950. The van der Waals surface area contributed by atoms with E-state index in [1.54, 1.807) is 0 Å². The molecular formula is C12H17FN2S. The smallest absolute Gasteiger partial charge is 0.214 e. The topological polar surface area (TPSA) is 16.1 Å². The Morgan fingerprint density at radius 1 is 1.44 bits per heavy atom. The van der Waals surface area contributed by atoms with Crippen molar-refractivity contribution in [3.63, 3.8) is 0 Å². The number of anilines is 1. The van der Waals surface area contributed by atoms with Crippen molar-refractivity contribution in [1.82, 2.24) is 4.98 Å². The van der Waals surface area contributed by atoms with Crippen molar-refractivity contribution in [3.8, 4) is 0 Å². The van der Waals surface area contributed by atoms with Crippen LogP contribution >= 0.6 is 11.8 Å². The molecule has 0 bridgehead atoms. The lowest BCUT2D eigenvalue weighted by Crippen LogP contribution is -2.27. The Balaban J connectivity index is 2.11. The Labute approximate surface area is 100 Å². The molecule has 88 valence electrons. The molecule has 1 aliphatic rings. The summed E-state index contributed by atoms with van der Waals surface area (Å²) in [5, 5.41) is 0. The third-order valence-electron chi connectivity index (χ3n) is 2.91. The van der Waals surface area contributed by atoms with E-state index in [9.17, 15) is 4.39 Å². The Kier molecular flexibility index (Phi) is 3.38. The van der Waals surface area contributed by atoms with Crippen molar-refractivity contribution in [2.75, 3.05) is 23.7 Å². The summed E-state index contributed by atoms with van der Waals surface area (Å²) in [6.45, 7) is 6.52. The first-order valence-electron chi connectivity index (χ1n) is 5.57. The summed E-state index contributed by atoms with van der Waals surface area (Å²) in [5.74, 6) is 0.699. The molecule has 1 aliphatic heterocycles. The second kappa shape index (κ2) is 4.62. The number of pyridine rings is 1. The summed E-state index contributed by atoms with van der Waals surface area (Å²) in [4.78, 5) is 5.83. The predicted octanol–water partition coefficient (Wildman–Crippen LogP) is 2.94. The highest BCUT2D eigenvalue weighted by molar-refractivity contribution is 8.00. The van der Waals surface area contributed by atoms with Gasteiger partial charge in [-0.1, -0.05) is 13.8 Å². The molecule has 0 aromatic carbocycles. The van der Waals surface area contributed by atoms with Crippen LogP contribution in [0, 0.1) is 5.95 Å². The van der Waals surface area contributed by atoms with Crippen molar-refractivity contribution in [1.29, 1.82) is 0 Å². The normalized spacial score (nSPS) is 20.6. The number of aromatic nitrogens is 1. The van der Waals surface area contributed by atoms with Crippen molar-refractivity contribution in [2.45, 2.75) is 25.0 Å². The van der Waals surface area contributed by atoms with E-state index in [4.69, 9.17) is 0 Å². The molecule has 0 saturated carbocycles. The number of hydrogen-bond donors (Lipinski definition) is 0. The van der Waals surface area contributed by atoms with E-state index in [1.165, 1.54) is 12.3 Å². The largest absolute Gasteiger partial charge is 0.370 e. The van der Waals surface area contributed by atoms with Crippen LogP contribution in [0.25, 0.3) is 0 Å². The SMILES string of the molecule is CC1(C)CCN(c2ccnc(F)c2)CCS1. The molecule has 1 saturated heterocycles. The minimum Gasteiger partial charge on any atom is -0.370 e. The molecule has 0 spiro atoms. The fourth-order valence-electron chi connectivity index (χ4n) is 1.87. The van der Waals surface area contributed by atoms with E-state index in [0.29, 0.717) is 4.75 Å². The molecule has 2 nitrogen and oxygen atoms in total. The van der Waals surface area contributed by atoms with Crippen LogP contribution in [0.3, 0.4) is 0 Å². The van der Waals surface area contributed by atoms with Gasteiger partial charge in [0, 0.05) is 41.5 Å². The summed E-state index contributed by atoms with van der Waals surface area (Å²) < 4.78 is 13.4. The van der Waals surface area contributed by atoms with E-state index in [2.05, 4.69) is 23.7 Å². The summed E-state index contributed by atoms with van der Waals surface area (Å²) in [6.07, 6.45) is 2.66. The number of nitrogens with zero attached hydrogens (tertiary/aromatic N) is 2. The van der Waals surface area contributed by atoms with Crippen LogP contribution in [0.15, 0.2) is 18.3 Å². The Morgan fingerprint density at radius 2 is 2.25 bits per heavy atom.